The van der Waals surface area contributed by atoms with Gasteiger partial charge in [0.1, 0.15) is 5.78 Å². The van der Waals surface area contributed by atoms with Crippen molar-refractivity contribution < 1.29 is 14.3 Å². The van der Waals surface area contributed by atoms with E-state index in [2.05, 4.69) is 0 Å². The maximum Gasteiger partial charge on any atom is 0.170 e. The number of hydrogen-bond donors (Lipinski definition) is 0. The predicted octanol–water partition coefficient (Wildman–Crippen LogP) is 1.86. The summed E-state index contributed by atoms with van der Waals surface area (Å²) in [7, 11) is 1.53. The molecule has 1 aromatic rings. The number of hydrogen-bond acceptors (Lipinski definition) is 3. The van der Waals surface area contributed by atoms with Gasteiger partial charge in [-0.1, -0.05) is 30.3 Å². The van der Waals surface area contributed by atoms with Crippen molar-refractivity contribution >= 4 is 11.6 Å². The monoisotopic (exact) mass is 206 g/mol. The van der Waals surface area contributed by atoms with E-state index in [0.29, 0.717) is 18.6 Å². The minimum absolute atomic E-state index is 0.0344. The number of ketones is 2. The molecule has 0 amide bonds. The zero-order valence-electron chi connectivity index (χ0n) is 8.73. The Hall–Kier alpha value is -1.48. The number of methoxy groups -OCH3 is 1. The molecule has 0 aromatic heterocycles. The quantitative estimate of drug-likeness (QED) is 0.527. The van der Waals surface area contributed by atoms with Gasteiger partial charge in [0.25, 0.3) is 0 Å². The lowest BCUT2D eigenvalue weighted by Crippen LogP contribution is -2.09. The fourth-order valence-corrected chi connectivity index (χ4v) is 1.21. The van der Waals surface area contributed by atoms with Crippen LogP contribution in [0.2, 0.25) is 0 Å². The van der Waals surface area contributed by atoms with Gasteiger partial charge in [-0.2, -0.15) is 0 Å². The molecule has 0 heterocycles. The van der Waals surface area contributed by atoms with Gasteiger partial charge >= 0.3 is 0 Å². The summed E-state index contributed by atoms with van der Waals surface area (Å²) in [5.41, 5.74) is 0.586. The molecule has 3 nitrogen and oxygen atoms in total. The van der Waals surface area contributed by atoms with E-state index in [0.717, 1.165) is 0 Å². The van der Waals surface area contributed by atoms with Crippen molar-refractivity contribution in [1.29, 1.82) is 0 Å². The summed E-state index contributed by atoms with van der Waals surface area (Å²) in [4.78, 5) is 22.8. The summed E-state index contributed by atoms with van der Waals surface area (Å²) in [5.74, 6) is -0.206. The topological polar surface area (TPSA) is 43.4 Å². The van der Waals surface area contributed by atoms with Crippen molar-refractivity contribution in [3.05, 3.63) is 35.9 Å². The smallest absolute Gasteiger partial charge is 0.170 e. The molecule has 0 N–H and O–H groups in total. The highest BCUT2D eigenvalue weighted by molar-refractivity contribution is 6.07. The SMILES string of the molecule is COCCC(=O)CC(=O)c1ccccc1. The zero-order valence-corrected chi connectivity index (χ0v) is 8.73. The van der Waals surface area contributed by atoms with E-state index in [1.165, 1.54) is 7.11 Å². The fourth-order valence-electron chi connectivity index (χ4n) is 1.21. The van der Waals surface area contributed by atoms with Crippen molar-refractivity contribution in [2.45, 2.75) is 12.8 Å². The van der Waals surface area contributed by atoms with Crippen LogP contribution < -0.4 is 0 Å². The Morgan fingerprint density at radius 3 is 2.47 bits per heavy atom. The predicted molar refractivity (Wildman–Crippen MR) is 56.9 cm³/mol. The molecule has 3 heteroatoms. The molecule has 0 bridgehead atoms. The molecule has 80 valence electrons. The maximum absolute atomic E-state index is 11.6. The third-order valence-electron chi connectivity index (χ3n) is 2.04. The summed E-state index contributed by atoms with van der Waals surface area (Å²) < 4.78 is 4.77. The van der Waals surface area contributed by atoms with Crippen LogP contribution in [0.1, 0.15) is 23.2 Å². The van der Waals surface area contributed by atoms with Crippen LogP contribution in [-0.2, 0) is 9.53 Å². The van der Waals surface area contributed by atoms with E-state index < -0.39 is 0 Å². The number of carbonyl (C=O) groups is 2. The lowest BCUT2D eigenvalue weighted by atomic mass is 10.1. The number of rotatable bonds is 6. The van der Waals surface area contributed by atoms with E-state index >= 15 is 0 Å². The zero-order chi connectivity index (χ0) is 11.1. The first-order chi connectivity index (χ1) is 7.24. The molecule has 1 rings (SSSR count). The standard InChI is InChI=1S/C12H14O3/c1-15-8-7-11(13)9-12(14)10-5-3-2-4-6-10/h2-6H,7-9H2,1H3. The molecule has 0 saturated carbocycles. The van der Waals surface area contributed by atoms with Crippen LogP contribution >= 0.6 is 0 Å². The Labute approximate surface area is 89.1 Å². The molecule has 0 spiro atoms. The average Bonchev–Trinajstić information content (AvgIpc) is 2.27. The third kappa shape index (κ3) is 4.04. The third-order valence-corrected chi connectivity index (χ3v) is 2.04. The lowest BCUT2D eigenvalue weighted by molar-refractivity contribution is -0.119. The molecule has 0 aliphatic heterocycles. The minimum Gasteiger partial charge on any atom is -0.384 e. The van der Waals surface area contributed by atoms with E-state index in [4.69, 9.17) is 4.74 Å². The molecule has 0 radical (unpaired) electrons. The highest BCUT2D eigenvalue weighted by atomic mass is 16.5. The van der Waals surface area contributed by atoms with Crippen molar-refractivity contribution in [2.75, 3.05) is 13.7 Å². The van der Waals surface area contributed by atoms with Gasteiger partial charge in [-0.05, 0) is 0 Å². The molecule has 0 aliphatic carbocycles. The van der Waals surface area contributed by atoms with E-state index in [1.54, 1.807) is 24.3 Å². The van der Waals surface area contributed by atoms with E-state index in [1.807, 2.05) is 6.07 Å². The second kappa shape index (κ2) is 6.09. The summed E-state index contributed by atoms with van der Waals surface area (Å²) in [5, 5.41) is 0. The highest BCUT2D eigenvalue weighted by Gasteiger charge is 2.10. The Kier molecular flexibility index (Phi) is 4.71. The number of benzene rings is 1. The van der Waals surface area contributed by atoms with Crippen LogP contribution in [0.4, 0.5) is 0 Å². The lowest BCUT2D eigenvalue weighted by Gasteiger charge is -2.00. The molecule has 1 aromatic carbocycles. The first-order valence-electron chi connectivity index (χ1n) is 4.83. The fraction of sp³-hybridized carbons (Fsp3) is 0.333. The van der Waals surface area contributed by atoms with Crippen molar-refractivity contribution in [2.24, 2.45) is 0 Å². The molecular weight excluding hydrogens is 192 g/mol. The minimum atomic E-state index is -0.128. The first-order valence-corrected chi connectivity index (χ1v) is 4.83. The van der Waals surface area contributed by atoms with Gasteiger partial charge in [0.15, 0.2) is 5.78 Å². The molecule has 0 fully saturated rings. The second-order valence-corrected chi connectivity index (χ2v) is 3.25. The molecule has 0 atom stereocenters. The van der Waals surface area contributed by atoms with Gasteiger partial charge in [0, 0.05) is 19.1 Å². The summed E-state index contributed by atoms with van der Waals surface area (Å²) in [6.45, 7) is 0.376. The molecule has 0 unspecified atom stereocenters. The molecular formula is C12H14O3. The van der Waals surface area contributed by atoms with Crippen LogP contribution in [0.25, 0.3) is 0 Å². The maximum atomic E-state index is 11.6. The second-order valence-electron chi connectivity index (χ2n) is 3.25. The van der Waals surface area contributed by atoms with Gasteiger partial charge in [-0.15, -0.1) is 0 Å². The molecule has 0 aliphatic rings. The van der Waals surface area contributed by atoms with Crippen LogP contribution in [0.15, 0.2) is 30.3 Å². The molecule has 0 saturated heterocycles. The molecule has 15 heavy (non-hydrogen) atoms. The van der Waals surface area contributed by atoms with Crippen molar-refractivity contribution in [3.63, 3.8) is 0 Å². The van der Waals surface area contributed by atoms with Gasteiger partial charge in [0.05, 0.1) is 13.0 Å². The van der Waals surface area contributed by atoms with Crippen LogP contribution in [-0.4, -0.2) is 25.3 Å². The normalized spacial score (nSPS) is 9.93. The van der Waals surface area contributed by atoms with Gasteiger partial charge in [-0.3, -0.25) is 9.59 Å². The van der Waals surface area contributed by atoms with Gasteiger partial charge < -0.3 is 4.74 Å². The number of ether oxygens (including phenoxy) is 1. The van der Waals surface area contributed by atoms with Crippen LogP contribution in [0.5, 0.6) is 0 Å². The van der Waals surface area contributed by atoms with E-state index in [9.17, 15) is 9.59 Å². The largest absolute Gasteiger partial charge is 0.384 e. The first kappa shape index (κ1) is 11.6. The summed E-state index contributed by atoms with van der Waals surface area (Å²) >= 11 is 0. The average molecular weight is 206 g/mol. The Bertz CT molecular complexity index is 330. The number of Topliss-reactive ketones (excluding diaryl/α,β-unsaturated/α-hetero) is 2. The van der Waals surface area contributed by atoms with Crippen LogP contribution in [0, 0.1) is 0 Å². The Morgan fingerprint density at radius 2 is 1.87 bits per heavy atom. The van der Waals surface area contributed by atoms with Gasteiger partial charge in [0.2, 0.25) is 0 Å². The van der Waals surface area contributed by atoms with E-state index in [-0.39, 0.29) is 18.0 Å². The van der Waals surface area contributed by atoms with Crippen molar-refractivity contribution in [3.8, 4) is 0 Å². The highest BCUT2D eigenvalue weighted by Crippen LogP contribution is 2.04. The Morgan fingerprint density at radius 1 is 1.20 bits per heavy atom. The summed E-state index contributed by atoms with van der Waals surface area (Å²) in [6.07, 6.45) is 0.266. The van der Waals surface area contributed by atoms with Crippen LogP contribution in [0.3, 0.4) is 0 Å². The van der Waals surface area contributed by atoms with Crippen molar-refractivity contribution in [1.82, 2.24) is 0 Å². The summed E-state index contributed by atoms with van der Waals surface area (Å²) in [6, 6.07) is 8.83. The van der Waals surface area contributed by atoms with Gasteiger partial charge in [-0.25, -0.2) is 0 Å². The number of carbonyl (C=O) groups excluding carboxylic acids is 2. The Balaban J connectivity index is 2.46.